The van der Waals surface area contributed by atoms with Gasteiger partial charge in [0.2, 0.25) is 0 Å². The van der Waals surface area contributed by atoms with Crippen molar-refractivity contribution in [1.82, 2.24) is 35.1 Å². The largest absolute Gasteiger partial charge is 0.312 e. The van der Waals surface area contributed by atoms with Crippen molar-refractivity contribution < 1.29 is 0 Å². The highest BCUT2D eigenvalue weighted by molar-refractivity contribution is 4.76. The maximum absolute atomic E-state index is 3.54. The van der Waals surface area contributed by atoms with Crippen LogP contribution in [0.15, 0.2) is 0 Å². The number of likely N-dealkylation sites (tertiary alicyclic amines) is 5. The fourth-order valence-electron chi connectivity index (χ4n) is 9.55. The van der Waals surface area contributed by atoms with Crippen molar-refractivity contribution in [2.24, 2.45) is 0 Å². The first-order chi connectivity index (χ1) is 28.6. The molecule has 0 amide bonds. The second kappa shape index (κ2) is 36.0. The summed E-state index contributed by atoms with van der Waals surface area (Å²) in [6, 6.07) is 6.89. The molecule has 5 aliphatic heterocycles. The summed E-state index contributed by atoms with van der Waals surface area (Å²) in [4.78, 5) is 12.7. The Kier molecular flexibility index (Phi) is 34.6. The first-order valence-electron chi connectivity index (χ1n) is 26.8. The van der Waals surface area contributed by atoms with Gasteiger partial charge in [0.15, 0.2) is 0 Å². The van der Waals surface area contributed by atoms with Crippen molar-refractivity contribution in [3.05, 3.63) is 0 Å². The Balaban J connectivity index is 0.000000350. The minimum absolute atomic E-state index is 0.674. The van der Waals surface area contributed by atoms with Crippen LogP contribution < -0.4 is 10.6 Å². The molecule has 0 spiro atoms. The Morgan fingerprint density at radius 3 is 0.567 bits per heavy atom. The van der Waals surface area contributed by atoms with Gasteiger partial charge in [-0.25, -0.2) is 0 Å². The summed E-state index contributed by atoms with van der Waals surface area (Å²) in [5.74, 6) is 0. The molecular formula is C53H113N7. The SMILES string of the molecule is CC(C)N1CCC1.CC(C)N1CCCC1.CC(C)N1CCCCC1.CC(C)N1CCCCC1.CC(C)N1CCCCC1.CC(C)NC1CCCC1.CC(C)NC1CCCC1. The maximum atomic E-state index is 3.54. The third-order valence-electron chi connectivity index (χ3n) is 13.7. The van der Waals surface area contributed by atoms with Crippen LogP contribution in [0.1, 0.15) is 225 Å². The molecule has 2 aliphatic carbocycles. The fraction of sp³-hybridized carbons (Fsp3) is 1.00. The van der Waals surface area contributed by atoms with Gasteiger partial charge in [0.1, 0.15) is 0 Å². The molecule has 7 nitrogen and oxygen atoms in total. The van der Waals surface area contributed by atoms with E-state index >= 15 is 0 Å². The van der Waals surface area contributed by atoms with Gasteiger partial charge in [0, 0.05) is 54.4 Å². The molecule has 5 heterocycles. The third kappa shape index (κ3) is 30.0. The standard InChI is InChI=1S/5C8H17N.C7H15N.C6H13N/c3*1-8(2)9-6-4-3-5-7-9;2*1-7(2)9-8-5-3-4-6-8;1-7(2)8-5-3-4-6-8;1-6(2)7-4-3-5-7/h3*8H,3-7H2,1-2H3;2*7-9H,3-6H2,1-2H3;7H,3-6H2,1-2H3;6H,3-5H2,1-2H3. The summed E-state index contributed by atoms with van der Waals surface area (Å²) in [6.07, 6.45) is 28.4. The molecule has 360 valence electrons. The van der Waals surface area contributed by atoms with E-state index in [-0.39, 0.29) is 0 Å². The smallest absolute Gasteiger partial charge is 0.00694 e. The predicted octanol–water partition coefficient (Wildman–Crippen LogP) is 12.1. The second-order valence-electron chi connectivity index (χ2n) is 21.5. The van der Waals surface area contributed by atoms with Crippen molar-refractivity contribution in [3.8, 4) is 0 Å². The van der Waals surface area contributed by atoms with Gasteiger partial charge in [-0.3, -0.25) is 0 Å². The normalized spacial score (nSPS) is 22.6. The molecule has 7 aliphatic rings. The Morgan fingerprint density at radius 1 is 0.250 bits per heavy atom. The van der Waals surface area contributed by atoms with Crippen LogP contribution in [0.2, 0.25) is 0 Å². The monoisotopic (exact) mass is 848 g/mol. The van der Waals surface area contributed by atoms with E-state index in [0.717, 1.165) is 42.3 Å². The minimum Gasteiger partial charge on any atom is -0.312 e. The summed E-state index contributed by atoms with van der Waals surface area (Å²) in [5.41, 5.74) is 0. The zero-order valence-electron chi connectivity index (χ0n) is 43.6. The van der Waals surface area contributed by atoms with Crippen LogP contribution in [0, 0.1) is 0 Å². The maximum Gasteiger partial charge on any atom is 0.00694 e. The minimum atomic E-state index is 0.674. The summed E-state index contributed by atoms with van der Waals surface area (Å²) in [5, 5.41) is 7.08. The average Bonchev–Trinajstić information content (AvgIpc) is 4.02. The summed E-state index contributed by atoms with van der Waals surface area (Å²) in [7, 11) is 0. The van der Waals surface area contributed by atoms with E-state index in [1.54, 1.807) is 0 Å². The molecule has 0 aromatic heterocycles. The van der Waals surface area contributed by atoms with Crippen molar-refractivity contribution in [1.29, 1.82) is 0 Å². The Bertz CT molecular complexity index is 822. The van der Waals surface area contributed by atoms with Gasteiger partial charge in [-0.1, -0.05) is 72.6 Å². The zero-order chi connectivity index (χ0) is 44.7. The lowest BCUT2D eigenvalue weighted by Crippen LogP contribution is -2.41. The van der Waals surface area contributed by atoms with Crippen LogP contribution in [-0.4, -0.2) is 144 Å². The molecule has 0 atom stereocenters. The van der Waals surface area contributed by atoms with Gasteiger partial charge in [-0.05, 0) is 218 Å². The van der Waals surface area contributed by atoms with E-state index in [2.05, 4.69) is 132 Å². The van der Waals surface area contributed by atoms with E-state index in [1.807, 2.05) is 0 Å². The molecule has 7 fully saturated rings. The van der Waals surface area contributed by atoms with Gasteiger partial charge in [-0.15, -0.1) is 0 Å². The Morgan fingerprint density at radius 2 is 0.433 bits per heavy atom. The fourth-order valence-corrected chi connectivity index (χ4v) is 9.55. The quantitative estimate of drug-likeness (QED) is 0.239. The first kappa shape index (κ1) is 57.7. The van der Waals surface area contributed by atoms with Crippen LogP contribution in [-0.2, 0) is 0 Å². The van der Waals surface area contributed by atoms with Gasteiger partial charge in [0.05, 0.1) is 0 Å². The Labute approximate surface area is 379 Å². The third-order valence-corrected chi connectivity index (χ3v) is 13.7. The van der Waals surface area contributed by atoms with Crippen LogP contribution in [0.25, 0.3) is 0 Å². The van der Waals surface area contributed by atoms with E-state index in [4.69, 9.17) is 0 Å². The molecule has 7 heteroatoms. The van der Waals surface area contributed by atoms with Crippen LogP contribution in [0.4, 0.5) is 0 Å². The van der Waals surface area contributed by atoms with Gasteiger partial charge < -0.3 is 35.1 Å². The summed E-state index contributed by atoms with van der Waals surface area (Å²) >= 11 is 0. The van der Waals surface area contributed by atoms with E-state index in [9.17, 15) is 0 Å². The van der Waals surface area contributed by atoms with Crippen LogP contribution in [0.5, 0.6) is 0 Å². The highest BCUT2D eigenvalue weighted by Crippen LogP contribution is 2.19. The van der Waals surface area contributed by atoms with Crippen LogP contribution in [0.3, 0.4) is 0 Å². The molecule has 0 aromatic rings. The highest BCUT2D eigenvalue weighted by Gasteiger charge is 2.18. The molecule has 0 aromatic carbocycles. The number of hydrogen-bond donors (Lipinski definition) is 2. The highest BCUT2D eigenvalue weighted by atomic mass is 15.2. The molecular weight excluding hydrogens is 735 g/mol. The van der Waals surface area contributed by atoms with Crippen molar-refractivity contribution in [3.63, 3.8) is 0 Å². The summed E-state index contributed by atoms with van der Waals surface area (Å²) < 4.78 is 0. The molecule has 5 saturated heterocycles. The number of rotatable bonds is 9. The lowest BCUT2D eigenvalue weighted by atomic mass is 10.1. The molecule has 2 saturated carbocycles. The van der Waals surface area contributed by atoms with Crippen molar-refractivity contribution >= 4 is 0 Å². The first-order valence-corrected chi connectivity index (χ1v) is 26.8. The predicted molar refractivity (Wildman–Crippen MR) is 270 cm³/mol. The summed E-state index contributed by atoms with van der Waals surface area (Å²) in [6.45, 7) is 44.9. The lowest BCUT2D eigenvalue weighted by molar-refractivity contribution is 0.138. The molecule has 7 rings (SSSR count). The Hall–Kier alpha value is -0.280. The molecule has 60 heavy (non-hydrogen) atoms. The van der Waals surface area contributed by atoms with E-state index in [1.165, 1.54) is 194 Å². The van der Waals surface area contributed by atoms with Gasteiger partial charge in [0.25, 0.3) is 0 Å². The van der Waals surface area contributed by atoms with Crippen molar-refractivity contribution in [2.75, 3.05) is 65.4 Å². The molecule has 2 N–H and O–H groups in total. The zero-order valence-corrected chi connectivity index (χ0v) is 43.6. The lowest BCUT2D eigenvalue weighted by Gasteiger charge is -2.34. The average molecular weight is 849 g/mol. The molecule has 0 bridgehead atoms. The molecule has 0 unspecified atom stereocenters. The second-order valence-corrected chi connectivity index (χ2v) is 21.5. The van der Waals surface area contributed by atoms with E-state index in [0.29, 0.717) is 12.1 Å². The topological polar surface area (TPSA) is 40.3 Å². The van der Waals surface area contributed by atoms with Gasteiger partial charge >= 0.3 is 0 Å². The number of hydrogen-bond acceptors (Lipinski definition) is 7. The number of nitrogens with zero attached hydrogens (tertiary/aromatic N) is 5. The van der Waals surface area contributed by atoms with Crippen LogP contribution >= 0.6 is 0 Å². The number of nitrogens with one attached hydrogen (secondary N) is 2. The van der Waals surface area contributed by atoms with E-state index < -0.39 is 0 Å². The van der Waals surface area contributed by atoms with Crippen molar-refractivity contribution in [2.45, 2.75) is 280 Å². The molecule has 0 radical (unpaired) electrons. The number of piperidine rings is 3. The van der Waals surface area contributed by atoms with Gasteiger partial charge in [-0.2, -0.15) is 0 Å².